The maximum Gasteiger partial charge on any atom is 0.191 e. The number of nitrogens with one attached hydrogen (secondary N) is 2. The van der Waals surface area contributed by atoms with Gasteiger partial charge in [-0.2, -0.15) is 0 Å². The van der Waals surface area contributed by atoms with Crippen LogP contribution >= 0.6 is 24.0 Å². The first-order chi connectivity index (χ1) is 12.8. The summed E-state index contributed by atoms with van der Waals surface area (Å²) in [5.74, 6) is 0.852. The molecule has 1 aliphatic heterocycles. The third kappa shape index (κ3) is 7.27. The Morgan fingerprint density at radius 3 is 2.81 bits per heavy atom. The second-order valence-corrected chi connectivity index (χ2v) is 6.51. The number of rotatable bonds is 8. The molecule has 1 heterocycles. The summed E-state index contributed by atoms with van der Waals surface area (Å²) in [4.78, 5) is 4.70. The number of nitrogens with zero attached hydrogens (tertiary/aromatic N) is 1. The molecular formula is C21H30IN3O2. The number of guanidine groups is 1. The zero-order chi connectivity index (χ0) is 18.0. The average Bonchev–Trinajstić information content (AvgIpc) is 3.19. The van der Waals surface area contributed by atoms with Crippen molar-refractivity contribution < 1.29 is 9.47 Å². The first-order valence-electron chi connectivity index (χ1n) is 9.54. The van der Waals surface area contributed by atoms with Gasteiger partial charge in [-0.1, -0.05) is 36.4 Å². The zero-order valence-electron chi connectivity index (χ0n) is 15.9. The molecule has 0 aromatic heterocycles. The Bertz CT molecular complexity index is 717. The van der Waals surface area contributed by atoms with Gasteiger partial charge in [-0.05, 0) is 42.2 Å². The van der Waals surface area contributed by atoms with E-state index in [-0.39, 0.29) is 30.1 Å². The Morgan fingerprint density at radius 2 is 2.04 bits per heavy atom. The molecule has 1 unspecified atom stereocenters. The van der Waals surface area contributed by atoms with Crippen molar-refractivity contribution >= 4 is 40.7 Å². The van der Waals surface area contributed by atoms with Gasteiger partial charge in [-0.3, -0.25) is 0 Å². The van der Waals surface area contributed by atoms with E-state index < -0.39 is 0 Å². The van der Waals surface area contributed by atoms with Crippen LogP contribution in [0.4, 0.5) is 0 Å². The molecule has 0 spiro atoms. The minimum Gasteiger partial charge on any atom is -0.379 e. The van der Waals surface area contributed by atoms with E-state index in [1.807, 2.05) is 0 Å². The molecule has 1 atom stereocenters. The topological polar surface area (TPSA) is 54.9 Å². The zero-order valence-corrected chi connectivity index (χ0v) is 18.3. The van der Waals surface area contributed by atoms with Crippen LogP contribution in [0.5, 0.6) is 0 Å². The van der Waals surface area contributed by atoms with E-state index in [1.54, 1.807) is 0 Å². The third-order valence-corrected chi connectivity index (χ3v) is 4.43. The quantitative estimate of drug-likeness (QED) is 0.260. The van der Waals surface area contributed by atoms with E-state index in [0.717, 1.165) is 51.7 Å². The fourth-order valence-corrected chi connectivity index (χ4v) is 3.02. The maximum atomic E-state index is 5.79. The summed E-state index contributed by atoms with van der Waals surface area (Å²) in [7, 11) is 0. The Hall–Kier alpha value is -1.38. The highest BCUT2D eigenvalue weighted by atomic mass is 127. The lowest BCUT2D eigenvalue weighted by molar-refractivity contribution is 0.0420. The van der Waals surface area contributed by atoms with Crippen LogP contribution in [0, 0.1) is 0 Å². The van der Waals surface area contributed by atoms with Crippen LogP contribution < -0.4 is 10.6 Å². The summed E-state index contributed by atoms with van der Waals surface area (Å²) >= 11 is 0. The Labute approximate surface area is 178 Å². The van der Waals surface area contributed by atoms with Gasteiger partial charge in [0.1, 0.15) is 0 Å². The molecular weight excluding hydrogens is 453 g/mol. The highest BCUT2D eigenvalue weighted by Crippen LogP contribution is 2.16. The fraction of sp³-hybridized carbons (Fsp3) is 0.476. The predicted molar refractivity (Wildman–Crippen MR) is 122 cm³/mol. The smallest absolute Gasteiger partial charge is 0.191 e. The second kappa shape index (κ2) is 12.2. The van der Waals surface area contributed by atoms with Crippen molar-refractivity contribution in [2.75, 3.05) is 32.9 Å². The first kappa shape index (κ1) is 21.9. The monoisotopic (exact) mass is 483 g/mol. The van der Waals surface area contributed by atoms with Gasteiger partial charge in [0.15, 0.2) is 5.96 Å². The van der Waals surface area contributed by atoms with Crippen molar-refractivity contribution in [2.45, 2.75) is 32.4 Å². The van der Waals surface area contributed by atoms with Crippen LogP contribution in [0.15, 0.2) is 47.5 Å². The molecule has 0 bridgehead atoms. The third-order valence-electron chi connectivity index (χ3n) is 4.43. The van der Waals surface area contributed by atoms with Crippen molar-refractivity contribution in [3.8, 4) is 0 Å². The van der Waals surface area contributed by atoms with Crippen LogP contribution in [0.2, 0.25) is 0 Å². The predicted octanol–water partition coefficient (Wildman–Crippen LogP) is 3.71. The van der Waals surface area contributed by atoms with Gasteiger partial charge >= 0.3 is 0 Å². The number of hydrogen-bond acceptors (Lipinski definition) is 3. The van der Waals surface area contributed by atoms with Crippen LogP contribution in [0.1, 0.15) is 25.3 Å². The van der Waals surface area contributed by atoms with Gasteiger partial charge in [-0.15, -0.1) is 24.0 Å². The molecule has 1 aliphatic rings. The van der Waals surface area contributed by atoms with Crippen LogP contribution in [0.3, 0.4) is 0 Å². The lowest BCUT2D eigenvalue weighted by Crippen LogP contribution is -2.38. The number of ether oxygens (including phenoxy) is 2. The normalized spacial score (nSPS) is 16.9. The van der Waals surface area contributed by atoms with Gasteiger partial charge in [0.25, 0.3) is 0 Å². The lowest BCUT2D eigenvalue weighted by atomic mass is 10.1. The Kier molecular flexibility index (Phi) is 9.86. The fourth-order valence-electron chi connectivity index (χ4n) is 3.02. The molecule has 2 N–H and O–H groups in total. The summed E-state index contributed by atoms with van der Waals surface area (Å²) in [5.41, 5.74) is 1.21. The van der Waals surface area contributed by atoms with Crippen molar-refractivity contribution in [3.63, 3.8) is 0 Å². The van der Waals surface area contributed by atoms with Crippen molar-refractivity contribution in [3.05, 3.63) is 48.0 Å². The first-order valence-corrected chi connectivity index (χ1v) is 9.54. The van der Waals surface area contributed by atoms with Gasteiger partial charge in [0.2, 0.25) is 0 Å². The number of halogens is 1. The van der Waals surface area contributed by atoms with Crippen molar-refractivity contribution in [2.24, 2.45) is 4.99 Å². The van der Waals surface area contributed by atoms with Gasteiger partial charge < -0.3 is 20.1 Å². The van der Waals surface area contributed by atoms with E-state index in [4.69, 9.17) is 14.5 Å². The molecule has 2 aromatic rings. The van der Waals surface area contributed by atoms with Gasteiger partial charge in [-0.25, -0.2) is 4.99 Å². The minimum atomic E-state index is 0. The molecule has 0 radical (unpaired) electrons. The summed E-state index contributed by atoms with van der Waals surface area (Å²) in [6, 6.07) is 14.9. The number of fused-ring (bicyclic) bond motifs is 1. The Morgan fingerprint density at radius 1 is 1.19 bits per heavy atom. The lowest BCUT2D eigenvalue weighted by Gasteiger charge is -2.13. The Balaban J connectivity index is 0.00000261. The van der Waals surface area contributed by atoms with E-state index in [2.05, 4.69) is 60.0 Å². The highest BCUT2D eigenvalue weighted by Gasteiger charge is 2.15. The largest absolute Gasteiger partial charge is 0.379 e. The molecule has 148 valence electrons. The highest BCUT2D eigenvalue weighted by molar-refractivity contribution is 14.0. The molecule has 27 heavy (non-hydrogen) atoms. The van der Waals surface area contributed by atoms with Crippen LogP contribution in [-0.2, 0) is 16.0 Å². The molecule has 0 saturated carbocycles. The molecule has 0 amide bonds. The van der Waals surface area contributed by atoms with E-state index in [9.17, 15) is 0 Å². The SMILES string of the molecule is CCNC(=NCc1ccc2ccccc2c1)NCCCOC1CCOC1.I. The number of aliphatic imine (C=N–C) groups is 1. The summed E-state index contributed by atoms with van der Waals surface area (Å²) in [6.45, 7) is 6.76. The van der Waals surface area contributed by atoms with Crippen molar-refractivity contribution in [1.82, 2.24) is 10.6 Å². The minimum absolute atomic E-state index is 0. The molecule has 6 heteroatoms. The van der Waals surface area contributed by atoms with E-state index in [0.29, 0.717) is 6.54 Å². The standard InChI is InChI=1S/C21H29N3O2.HI/c1-2-22-21(23-11-5-12-26-20-10-13-25-16-20)24-15-17-8-9-18-6-3-4-7-19(18)14-17;/h3-4,6-9,14,20H,2,5,10-13,15-16H2,1H3,(H2,22,23,24);1H. The maximum absolute atomic E-state index is 5.79. The molecule has 2 aromatic carbocycles. The van der Waals surface area contributed by atoms with E-state index >= 15 is 0 Å². The van der Waals surface area contributed by atoms with Crippen LogP contribution in [0.25, 0.3) is 10.8 Å². The summed E-state index contributed by atoms with van der Waals surface area (Å²) in [6.07, 6.45) is 2.25. The van der Waals surface area contributed by atoms with Gasteiger partial charge in [0, 0.05) is 26.3 Å². The summed E-state index contributed by atoms with van der Waals surface area (Å²) < 4.78 is 11.1. The average molecular weight is 483 g/mol. The molecule has 1 saturated heterocycles. The van der Waals surface area contributed by atoms with Crippen LogP contribution in [-0.4, -0.2) is 45.0 Å². The number of benzene rings is 2. The second-order valence-electron chi connectivity index (χ2n) is 6.51. The van der Waals surface area contributed by atoms with Crippen molar-refractivity contribution in [1.29, 1.82) is 0 Å². The number of hydrogen-bond donors (Lipinski definition) is 2. The molecule has 0 aliphatic carbocycles. The summed E-state index contributed by atoms with van der Waals surface area (Å²) in [5, 5.41) is 9.20. The van der Waals surface area contributed by atoms with E-state index in [1.165, 1.54) is 16.3 Å². The van der Waals surface area contributed by atoms with Gasteiger partial charge in [0.05, 0.1) is 19.3 Å². The molecule has 5 nitrogen and oxygen atoms in total. The molecule has 1 fully saturated rings. The molecule has 3 rings (SSSR count).